The van der Waals surface area contributed by atoms with Gasteiger partial charge in [0.2, 0.25) is 11.9 Å². The molecule has 1 aliphatic carbocycles. The van der Waals surface area contributed by atoms with E-state index in [-0.39, 0.29) is 18.4 Å². The van der Waals surface area contributed by atoms with E-state index in [1.807, 2.05) is 30.0 Å². The number of nitrogens with one attached hydrogen (secondary N) is 1. The molecule has 0 atom stereocenters. The Labute approximate surface area is 202 Å². The van der Waals surface area contributed by atoms with Gasteiger partial charge in [-0.3, -0.25) is 9.59 Å². The highest BCUT2D eigenvalue weighted by molar-refractivity contribution is 6.30. The fraction of sp³-hybridized carbons (Fsp3) is 0.360. The van der Waals surface area contributed by atoms with E-state index >= 15 is 0 Å². The van der Waals surface area contributed by atoms with Crippen LogP contribution in [0.5, 0.6) is 5.75 Å². The number of carbonyl (C=O) groups excluding carboxylic acids is 2. The second-order valence-electron chi connectivity index (χ2n) is 8.72. The lowest BCUT2D eigenvalue weighted by Gasteiger charge is -2.35. The number of halogens is 1. The Morgan fingerprint density at radius 2 is 1.79 bits per heavy atom. The Morgan fingerprint density at radius 3 is 2.50 bits per heavy atom. The van der Waals surface area contributed by atoms with Crippen molar-refractivity contribution in [2.75, 3.05) is 43.0 Å². The Bertz CT molecular complexity index is 1220. The lowest BCUT2D eigenvalue weighted by molar-refractivity contribution is -0.132. The Balaban J connectivity index is 1.22. The van der Waals surface area contributed by atoms with Gasteiger partial charge in [0.15, 0.2) is 6.61 Å². The molecular formula is C25H26ClN5O3. The monoisotopic (exact) mass is 479 g/mol. The number of piperazine rings is 1. The summed E-state index contributed by atoms with van der Waals surface area (Å²) in [5.41, 5.74) is 2.31. The zero-order valence-corrected chi connectivity index (χ0v) is 19.7. The van der Waals surface area contributed by atoms with E-state index in [9.17, 15) is 9.59 Å². The van der Waals surface area contributed by atoms with Crippen LogP contribution in [0, 0.1) is 12.8 Å². The molecule has 0 radical (unpaired) electrons. The summed E-state index contributed by atoms with van der Waals surface area (Å²) in [5.74, 6) is 1.54. The minimum atomic E-state index is -0.261. The van der Waals surface area contributed by atoms with Crippen molar-refractivity contribution in [2.24, 2.45) is 5.92 Å². The van der Waals surface area contributed by atoms with Crippen LogP contribution in [0.1, 0.15) is 18.5 Å². The molecule has 0 spiro atoms. The highest BCUT2D eigenvalue weighted by Crippen LogP contribution is 2.31. The molecule has 1 saturated heterocycles. The SMILES string of the molecule is Cc1nc(N2CCN(C(=O)C3CC3)CC2)nc2ccc(NC(=O)COc3ccc(Cl)cc3)cc12. The van der Waals surface area contributed by atoms with Gasteiger partial charge in [-0.2, -0.15) is 0 Å². The van der Waals surface area contributed by atoms with Gasteiger partial charge in [0.1, 0.15) is 5.75 Å². The fourth-order valence-electron chi connectivity index (χ4n) is 4.08. The van der Waals surface area contributed by atoms with E-state index in [1.54, 1.807) is 24.3 Å². The summed E-state index contributed by atoms with van der Waals surface area (Å²) in [7, 11) is 0. The number of benzene rings is 2. The Morgan fingerprint density at radius 1 is 1.06 bits per heavy atom. The number of amides is 2. The van der Waals surface area contributed by atoms with E-state index in [0.717, 1.165) is 42.5 Å². The summed E-state index contributed by atoms with van der Waals surface area (Å²) in [5, 5.41) is 4.35. The van der Waals surface area contributed by atoms with Gasteiger partial charge in [0, 0.05) is 48.2 Å². The molecule has 0 unspecified atom stereocenters. The molecule has 2 aliphatic rings. The molecule has 9 heteroatoms. The summed E-state index contributed by atoms with van der Waals surface area (Å²) in [6.07, 6.45) is 2.06. The smallest absolute Gasteiger partial charge is 0.262 e. The number of aromatic nitrogens is 2. The van der Waals surface area contributed by atoms with Crippen molar-refractivity contribution < 1.29 is 14.3 Å². The van der Waals surface area contributed by atoms with E-state index in [2.05, 4.69) is 10.2 Å². The van der Waals surface area contributed by atoms with Gasteiger partial charge in [-0.15, -0.1) is 0 Å². The van der Waals surface area contributed by atoms with Crippen molar-refractivity contribution >= 4 is 46.0 Å². The lowest BCUT2D eigenvalue weighted by atomic mass is 10.1. The van der Waals surface area contributed by atoms with Gasteiger partial charge >= 0.3 is 0 Å². The minimum Gasteiger partial charge on any atom is -0.484 e. The number of rotatable bonds is 6. The molecule has 1 aliphatic heterocycles. The predicted molar refractivity (Wildman–Crippen MR) is 131 cm³/mol. The average Bonchev–Trinajstić information content (AvgIpc) is 3.69. The number of ether oxygens (including phenoxy) is 1. The average molecular weight is 480 g/mol. The first kappa shape index (κ1) is 22.4. The molecule has 0 bridgehead atoms. The number of hydrogen-bond donors (Lipinski definition) is 1. The first-order chi connectivity index (χ1) is 16.5. The molecule has 2 fully saturated rings. The van der Waals surface area contributed by atoms with Gasteiger partial charge in [-0.05, 0) is 62.2 Å². The number of fused-ring (bicyclic) bond motifs is 1. The van der Waals surface area contributed by atoms with Crippen LogP contribution in [0.2, 0.25) is 5.02 Å². The molecular weight excluding hydrogens is 454 g/mol. The summed E-state index contributed by atoms with van der Waals surface area (Å²) in [6, 6.07) is 12.4. The zero-order valence-electron chi connectivity index (χ0n) is 19.0. The minimum absolute atomic E-state index is 0.108. The van der Waals surface area contributed by atoms with Crippen molar-refractivity contribution in [3.05, 3.63) is 53.2 Å². The molecule has 2 amide bonds. The molecule has 176 valence electrons. The van der Waals surface area contributed by atoms with Crippen molar-refractivity contribution in [2.45, 2.75) is 19.8 Å². The topological polar surface area (TPSA) is 87.7 Å². The molecule has 2 aromatic carbocycles. The molecule has 1 N–H and O–H groups in total. The Hall–Kier alpha value is -3.39. The van der Waals surface area contributed by atoms with Crippen LogP contribution in [-0.4, -0.2) is 59.5 Å². The first-order valence-electron chi connectivity index (χ1n) is 11.5. The van der Waals surface area contributed by atoms with Gasteiger partial charge in [-0.25, -0.2) is 9.97 Å². The van der Waals surface area contributed by atoms with Crippen molar-refractivity contribution in [3.63, 3.8) is 0 Å². The van der Waals surface area contributed by atoms with Crippen LogP contribution >= 0.6 is 11.6 Å². The van der Waals surface area contributed by atoms with E-state index < -0.39 is 0 Å². The maximum absolute atomic E-state index is 12.3. The maximum Gasteiger partial charge on any atom is 0.262 e. The molecule has 1 saturated carbocycles. The van der Waals surface area contributed by atoms with Crippen LogP contribution in [-0.2, 0) is 9.59 Å². The molecule has 1 aromatic heterocycles. The second kappa shape index (κ2) is 9.46. The molecule has 5 rings (SSSR count). The lowest BCUT2D eigenvalue weighted by Crippen LogP contribution is -2.49. The summed E-state index contributed by atoms with van der Waals surface area (Å²) < 4.78 is 5.50. The third kappa shape index (κ3) is 5.07. The zero-order chi connectivity index (χ0) is 23.7. The summed E-state index contributed by atoms with van der Waals surface area (Å²) in [6.45, 7) is 4.70. The van der Waals surface area contributed by atoms with Crippen LogP contribution < -0.4 is 15.0 Å². The molecule has 2 heterocycles. The van der Waals surface area contributed by atoms with Crippen LogP contribution in [0.25, 0.3) is 10.9 Å². The van der Waals surface area contributed by atoms with Gasteiger partial charge in [-0.1, -0.05) is 11.6 Å². The highest BCUT2D eigenvalue weighted by atomic mass is 35.5. The highest BCUT2D eigenvalue weighted by Gasteiger charge is 2.34. The number of nitrogens with zero attached hydrogens (tertiary/aromatic N) is 4. The number of hydrogen-bond acceptors (Lipinski definition) is 6. The second-order valence-corrected chi connectivity index (χ2v) is 9.15. The normalized spacial score (nSPS) is 15.9. The quantitative estimate of drug-likeness (QED) is 0.580. The van der Waals surface area contributed by atoms with Crippen LogP contribution in [0.3, 0.4) is 0 Å². The standard InChI is InChI=1S/C25H26ClN5O3/c1-16-21-14-19(28-23(32)15-34-20-7-4-18(26)5-8-20)6-9-22(21)29-25(27-16)31-12-10-30(11-13-31)24(33)17-2-3-17/h4-9,14,17H,2-3,10-13,15H2,1H3,(H,28,32). The van der Waals surface area contributed by atoms with Crippen molar-refractivity contribution in [1.82, 2.24) is 14.9 Å². The van der Waals surface area contributed by atoms with Gasteiger partial charge < -0.3 is 19.9 Å². The number of carbonyl (C=O) groups is 2. The van der Waals surface area contributed by atoms with Crippen LogP contribution in [0.15, 0.2) is 42.5 Å². The van der Waals surface area contributed by atoms with E-state index in [1.165, 1.54) is 0 Å². The predicted octanol–water partition coefficient (Wildman–Crippen LogP) is 3.67. The molecule has 8 nitrogen and oxygen atoms in total. The number of aryl methyl sites for hydroxylation is 1. The van der Waals surface area contributed by atoms with E-state index in [0.29, 0.717) is 41.4 Å². The fourth-order valence-corrected chi connectivity index (χ4v) is 4.20. The van der Waals surface area contributed by atoms with Gasteiger partial charge in [0.25, 0.3) is 5.91 Å². The van der Waals surface area contributed by atoms with E-state index in [4.69, 9.17) is 26.3 Å². The largest absolute Gasteiger partial charge is 0.484 e. The Kier molecular flexibility index (Phi) is 6.24. The first-order valence-corrected chi connectivity index (χ1v) is 11.8. The van der Waals surface area contributed by atoms with Crippen molar-refractivity contribution in [1.29, 1.82) is 0 Å². The third-order valence-electron chi connectivity index (χ3n) is 6.14. The van der Waals surface area contributed by atoms with Crippen LogP contribution in [0.4, 0.5) is 11.6 Å². The summed E-state index contributed by atoms with van der Waals surface area (Å²) in [4.78, 5) is 38.2. The van der Waals surface area contributed by atoms with Gasteiger partial charge in [0.05, 0.1) is 11.2 Å². The molecule has 3 aromatic rings. The molecule has 34 heavy (non-hydrogen) atoms. The number of anilines is 2. The third-order valence-corrected chi connectivity index (χ3v) is 6.39. The summed E-state index contributed by atoms with van der Waals surface area (Å²) >= 11 is 5.86. The maximum atomic E-state index is 12.3. The van der Waals surface area contributed by atoms with Crippen molar-refractivity contribution in [3.8, 4) is 5.75 Å².